The molecule has 1 N–H and O–H groups in total. The van der Waals surface area contributed by atoms with Crippen molar-refractivity contribution in [2.75, 3.05) is 40.8 Å². The fourth-order valence-electron chi connectivity index (χ4n) is 2.06. The summed E-state index contributed by atoms with van der Waals surface area (Å²) >= 11 is 0. The van der Waals surface area contributed by atoms with Gasteiger partial charge in [0.25, 0.3) is 0 Å². The number of hydrogen-bond acceptors (Lipinski definition) is 3. The fourth-order valence-corrected chi connectivity index (χ4v) is 2.06. The molecule has 0 saturated carbocycles. The van der Waals surface area contributed by atoms with Crippen molar-refractivity contribution in [2.45, 2.75) is 31.7 Å². The molecule has 4 heteroatoms. The maximum atomic E-state index is 12.0. The lowest BCUT2D eigenvalue weighted by Gasteiger charge is -2.27. The standard InChI is InChI=1S/C12H25N3O/c1-14(2)9-6-10-15(3)12(16)11-7-4-5-8-13-11/h11,13H,4-10H2,1-3H3/t11-/m0/s1. The number of likely N-dealkylation sites (N-methyl/N-ethyl adjacent to an activating group) is 1. The van der Waals surface area contributed by atoms with Crippen LogP contribution in [0, 0.1) is 0 Å². The fraction of sp³-hybridized carbons (Fsp3) is 0.917. The van der Waals surface area contributed by atoms with E-state index in [4.69, 9.17) is 0 Å². The second-order valence-electron chi connectivity index (χ2n) is 4.92. The van der Waals surface area contributed by atoms with Crippen molar-refractivity contribution in [3.8, 4) is 0 Å². The summed E-state index contributed by atoms with van der Waals surface area (Å²) in [5, 5.41) is 3.30. The van der Waals surface area contributed by atoms with E-state index in [1.54, 1.807) is 0 Å². The molecule has 0 aliphatic carbocycles. The summed E-state index contributed by atoms with van der Waals surface area (Å²) < 4.78 is 0. The molecule has 1 saturated heterocycles. The zero-order chi connectivity index (χ0) is 12.0. The van der Waals surface area contributed by atoms with E-state index in [1.807, 2.05) is 11.9 Å². The molecule has 16 heavy (non-hydrogen) atoms. The Morgan fingerprint density at radius 1 is 1.25 bits per heavy atom. The first-order valence-electron chi connectivity index (χ1n) is 6.24. The molecule has 1 amide bonds. The van der Waals surface area contributed by atoms with E-state index in [9.17, 15) is 4.79 Å². The van der Waals surface area contributed by atoms with Gasteiger partial charge in [-0.15, -0.1) is 0 Å². The number of nitrogens with zero attached hydrogens (tertiary/aromatic N) is 2. The topological polar surface area (TPSA) is 35.6 Å². The van der Waals surface area contributed by atoms with E-state index >= 15 is 0 Å². The Kier molecular flexibility index (Phi) is 5.77. The summed E-state index contributed by atoms with van der Waals surface area (Å²) in [6.07, 6.45) is 4.42. The Labute approximate surface area is 99.0 Å². The number of hydrogen-bond donors (Lipinski definition) is 1. The molecule has 1 atom stereocenters. The van der Waals surface area contributed by atoms with Gasteiger partial charge >= 0.3 is 0 Å². The predicted octanol–water partition coefficient (Wildman–Crippen LogP) is 0.539. The summed E-state index contributed by atoms with van der Waals surface area (Å²) in [4.78, 5) is 16.0. The van der Waals surface area contributed by atoms with Gasteiger partial charge in [-0.25, -0.2) is 0 Å². The highest BCUT2D eigenvalue weighted by atomic mass is 16.2. The molecule has 0 spiro atoms. The van der Waals surface area contributed by atoms with Crippen LogP contribution in [0.4, 0.5) is 0 Å². The molecule has 0 aromatic heterocycles. The smallest absolute Gasteiger partial charge is 0.239 e. The van der Waals surface area contributed by atoms with Crippen molar-refractivity contribution < 1.29 is 4.79 Å². The third-order valence-corrected chi connectivity index (χ3v) is 3.08. The van der Waals surface area contributed by atoms with Gasteiger partial charge in [-0.3, -0.25) is 4.79 Å². The lowest BCUT2D eigenvalue weighted by atomic mass is 10.0. The molecule has 94 valence electrons. The molecule has 0 aromatic rings. The number of piperidine rings is 1. The van der Waals surface area contributed by atoms with Gasteiger partial charge in [0.05, 0.1) is 6.04 Å². The van der Waals surface area contributed by atoms with Gasteiger partial charge in [-0.2, -0.15) is 0 Å². The van der Waals surface area contributed by atoms with Crippen LogP contribution < -0.4 is 5.32 Å². The average Bonchev–Trinajstić information content (AvgIpc) is 2.28. The van der Waals surface area contributed by atoms with Crippen LogP contribution in [-0.2, 0) is 4.79 Å². The largest absolute Gasteiger partial charge is 0.344 e. The Bertz CT molecular complexity index is 212. The summed E-state index contributed by atoms with van der Waals surface area (Å²) in [5.74, 6) is 0.262. The van der Waals surface area contributed by atoms with Gasteiger partial charge in [0.1, 0.15) is 0 Å². The van der Waals surface area contributed by atoms with Gasteiger partial charge in [0, 0.05) is 13.6 Å². The van der Waals surface area contributed by atoms with E-state index in [1.165, 1.54) is 12.8 Å². The number of rotatable bonds is 5. The van der Waals surface area contributed by atoms with E-state index in [-0.39, 0.29) is 11.9 Å². The number of amides is 1. The Morgan fingerprint density at radius 2 is 2.00 bits per heavy atom. The van der Waals surface area contributed by atoms with Crippen LogP contribution in [-0.4, -0.2) is 62.5 Å². The van der Waals surface area contributed by atoms with E-state index in [0.29, 0.717) is 0 Å². The lowest BCUT2D eigenvalue weighted by Crippen LogP contribution is -2.47. The van der Waals surface area contributed by atoms with Crippen LogP contribution in [0.1, 0.15) is 25.7 Å². The molecule has 4 nitrogen and oxygen atoms in total. The highest BCUT2D eigenvalue weighted by Gasteiger charge is 2.22. The third kappa shape index (κ3) is 4.49. The number of carbonyl (C=O) groups is 1. The van der Waals surface area contributed by atoms with Gasteiger partial charge in [0.2, 0.25) is 5.91 Å². The summed E-state index contributed by atoms with van der Waals surface area (Å²) in [7, 11) is 6.03. The molecule has 1 heterocycles. The Hall–Kier alpha value is -0.610. The monoisotopic (exact) mass is 227 g/mol. The quantitative estimate of drug-likeness (QED) is 0.744. The lowest BCUT2D eigenvalue weighted by molar-refractivity contribution is -0.132. The van der Waals surface area contributed by atoms with Gasteiger partial charge in [-0.1, -0.05) is 6.42 Å². The molecule has 1 aliphatic heterocycles. The highest BCUT2D eigenvalue weighted by Crippen LogP contribution is 2.09. The molecule has 1 fully saturated rings. The van der Waals surface area contributed by atoms with E-state index in [2.05, 4.69) is 24.3 Å². The Morgan fingerprint density at radius 3 is 2.56 bits per heavy atom. The second kappa shape index (κ2) is 6.86. The first kappa shape index (κ1) is 13.5. The van der Waals surface area contributed by atoms with Gasteiger partial charge in [-0.05, 0) is 46.4 Å². The molecule has 0 aromatic carbocycles. The SMILES string of the molecule is CN(C)CCCN(C)C(=O)[C@@H]1CCCCN1. The van der Waals surface area contributed by atoms with Gasteiger partial charge < -0.3 is 15.1 Å². The molecular weight excluding hydrogens is 202 g/mol. The average molecular weight is 227 g/mol. The minimum atomic E-state index is 0.0677. The van der Waals surface area contributed by atoms with Crippen molar-refractivity contribution in [1.29, 1.82) is 0 Å². The van der Waals surface area contributed by atoms with Crippen LogP contribution in [0.15, 0.2) is 0 Å². The van der Waals surface area contributed by atoms with Crippen molar-refractivity contribution in [3.63, 3.8) is 0 Å². The first-order chi connectivity index (χ1) is 7.61. The van der Waals surface area contributed by atoms with Crippen LogP contribution in [0.5, 0.6) is 0 Å². The molecule has 0 radical (unpaired) electrons. The van der Waals surface area contributed by atoms with Crippen molar-refractivity contribution >= 4 is 5.91 Å². The minimum absolute atomic E-state index is 0.0677. The van der Waals surface area contributed by atoms with Crippen molar-refractivity contribution in [1.82, 2.24) is 15.1 Å². The van der Waals surface area contributed by atoms with Gasteiger partial charge in [0.15, 0.2) is 0 Å². The summed E-state index contributed by atoms with van der Waals surface area (Å²) in [6.45, 7) is 2.88. The first-order valence-corrected chi connectivity index (χ1v) is 6.24. The van der Waals surface area contributed by atoms with Crippen LogP contribution in [0.3, 0.4) is 0 Å². The van der Waals surface area contributed by atoms with Crippen LogP contribution in [0.2, 0.25) is 0 Å². The summed E-state index contributed by atoms with van der Waals surface area (Å²) in [6, 6.07) is 0.0677. The summed E-state index contributed by atoms with van der Waals surface area (Å²) in [5.41, 5.74) is 0. The normalized spacial score (nSPS) is 21.1. The van der Waals surface area contributed by atoms with Crippen LogP contribution >= 0.6 is 0 Å². The zero-order valence-corrected chi connectivity index (χ0v) is 10.8. The molecule has 0 bridgehead atoms. The predicted molar refractivity (Wildman–Crippen MR) is 66.4 cm³/mol. The van der Waals surface area contributed by atoms with Crippen molar-refractivity contribution in [3.05, 3.63) is 0 Å². The molecule has 1 aliphatic rings. The zero-order valence-electron chi connectivity index (χ0n) is 10.8. The molecule has 1 rings (SSSR count). The minimum Gasteiger partial charge on any atom is -0.344 e. The van der Waals surface area contributed by atoms with Crippen LogP contribution in [0.25, 0.3) is 0 Å². The highest BCUT2D eigenvalue weighted by molar-refractivity contribution is 5.81. The second-order valence-corrected chi connectivity index (χ2v) is 4.92. The maximum Gasteiger partial charge on any atom is 0.239 e. The third-order valence-electron chi connectivity index (χ3n) is 3.08. The maximum absolute atomic E-state index is 12.0. The number of carbonyl (C=O) groups excluding carboxylic acids is 1. The molecular formula is C12H25N3O. The van der Waals surface area contributed by atoms with Crippen molar-refractivity contribution in [2.24, 2.45) is 0 Å². The Balaban J connectivity index is 2.23. The number of nitrogens with one attached hydrogen (secondary N) is 1. The molecule has 0 unspecified atom stereocenters. The van der Waals surface area contributed by atoms with E-state index in [0.717, 1.165) is 32.5 Å². The van der Waals surface area contributed by atoms with E-state index < -0.39 is 0 Å².